The zero-order valence-electron chi connectivity index (χ0n) is 20.5. The molecule has 0 aliphatic heterocycles. The standard InChI is InChI=1S/C26H25Cl4N3O4S/c1-31-26(35)24(11-17-7-4-3-5-8-17)32(15-21-22(29)9-6-10-23(21)30)25(34)16-33(38(2,36)37)20-13-18(27)12-19(28)14-20/h3-10,12-14,24H,11,15-16H2,1-2H3,(H,31,35). The number of carbonyl (C=O) groups excluding carboxylic acids is 2. The van der Waals surface area contributed by atoms with E-state index in [4.69, 9.17) is 46.4 Å². The number of halogens is 4. The smallest absolute Gasteiger partial charge is 0.244 e. The first kappa shape index (κ1) is 30.1. The van der Waals surface area contributed by atoms with Crippen LogP contribution in [-0.4, -0.2) is 51.0 Å². The van der Waals surface area contributed by atoms with Gasteiger partial charge in [0.2, 0.25) is 21.8 Å². The van der Waals surface area contributed by atoms with Gasteiger partial charge in [0.1, 0.15) is 12.6 Å². The number of nitrogens with one attached hydrogen (secondary N) is 1. The normalized spacial score (nSPS) is 12.1. The van der Waals surface area contributed by atoms with Crippen molar-refractivity contribution in [2.24, 2.45) is 0 Å². The highest BCUT2D eigenvalue weighted by Gasteiger charge is 2.33. The van der Waals surface area contributed by atoms with Gasteiger partial charge in [0.25, 0.3) is 0 Å². The Labute approximate surface area is 242 Å². The number of rotatable bonds is 10. The number of nitrogens with zero attached hydrogens (tertiary/aromatic N) is 2. The van der Waals surface area contributed by atoms with Crippen molar-refractivity contribution in [2.45, 2.75) is 19.0 Å². The van der Waals surface area contributed by atoms with E-state index >= 15 is 0 Å². The van der Waals surface area contributed by atoms with E-state index in [9.17, 15) is 18.0 Å². The molecule has 3 aromatic rings. The molecule has 3 rings (SSSR count). The Bertz CT molecular complexity index is 1380. The summed E-state index contributed by atoms with van der Waals surface area (Å²) in [5.74, 6) is -1.10. The molecule has 3 aromatic carbocycles. The number of anilines is 1. The molecule has 0 fully saturated rings. The van der Waals surface area contributed by atoms with Crippen molar-refractivity contribution in [3.05, 3.63) is 97.9 Å². The summed E-state index contributed by atoms with van der Waals surface area (Å²) in [6, 6.07) is 17.3. The Balaban J connectivity index is 2.09. The average molecular weight is 617 g/mol. The zero-order chi connectivity index (χ0) is 28.0. The molecular formula is C26H25Cl4N3O4S. The van der Waals surface area contributed by atoms with Crippen LogP contribution >= 0.6 is 46.4 Å². The van der Waals surface area contributed by atoms with Gasteiger partial charge in [-0.1, -0.05) is 82.8 Å². The monoisotopic (exact) mass is 615 g/mol. The summed E-state index contributed by atoms with van der Waals surface area (Å²) in [7, 11) is -2.50. The molecule has 38 heavy (non-hydrogen) atoms. The number of likely N-dealkylation sites (N-methyl/N-ethyl adjacent to an activating group) is 1. The van der Waals surface area contributed by atoms with E-state index in [1.165, 1.54) is 30.1 Å². The molecule has 1 unspecified atom stereocenters. The molecule has 0 aliphatic carbocycles. The fourth-order valence-electron chi connectivity index (χ4n) is 3.87. The van der Waals surface area contributed by atoms with E-state index in [-0.39, 0.29) is 28.7 Å². The van der Waals surface area contributed by atoms with Crippen LogP contribution in [0.3, 0.4) is 0 Å². The Kier molecular flexibility index (Phi) is 10.3. The molecule has 12 heteroatoms. The molecule has 0 aromatic heterocycles. The molecule has 2 amide bonds. The van der Waals surface area contributed by atoms with Crippen molar-refractivity contribution in [2.75, 3.05) is 24.2 Å². The van der Waals surface area contributed by atoms with E-state index < -0.39 is 34.4 Å². The first-order valence-electron chi connectivity index (χ1n) is 11.3. The topological polar surface area (TPSA) is 86.8 Å². The summed E-state index contributed by atoms with van der Waals surface area (Å²) in [5, 5.41) is 3.59. The lowest BCUT2D eigenvalue weighted by molar-refractivity contribution is -0.139. The van der Waals surface area contributed by atoms with Crippen LogP contribution in [0.5, 0.6) is 0 Å². The third kappa shape index (κ3) is 7.77. The van der Waals surface area contributed by atoms with Gasteiger partial charge in [0.15, 0.2) is 0 Å². The van der Waals surface area contributed by atoms with Gasteiger partial charge in [-0.2, -0.15) is 0 Å². The molecule has 0 bridgehead atoms. The summed E-state index contributed by atoms with van der Waals surface area (Å²) in [6.07, 6.45) is 1.13. The van der Waals surface area contributed by atoms with Crippen LogP contribution < -0.4 is 9.62 Å². The van der Waals surface area contributed by atoms with Gasteiger partial charge in [0, 0.05) is 45.7 Å². The highest BCUT2D eigenvalue weighted by atomic mass is 35.5. The number of hydrogen-bond acceptors (Lipinski definition) is 4. The minimum absolute atomic E-state index is 0.105. The fourth-order valence-corrected chi connectivity index (χ4v) is 5.74. The third-order valence-electron chi connectivity index (χ3n) is 5.72. The lowest BCUT2D eigenvalue weighted by Gasteiger charge is -2.33. The van der Waals surface area contributed by atoms with Crippen molar-refractivity contribution in [1.82, 2.24) is 10.2 Å². The molecule has 7 nitrogen and oxygen atoms in total. The summed E-state index contributed by atoms with van der Waals surface area (Å²) in [4.78, 5) is 28.3. The number of carbonyl (C=O) groups is 2. The van der Waals surface area contributed by atoms with E-state index in [2.05, 4.69) is 5.32 Å². The van der Waals surface area contributed by atoms with Crippen LogP contribution in [0.25, 0.3) is 0 Å². The fraction of sp³-hybridized carbons (Fsp3) is 0.231. The first-order valence-corrected chi connectivity index (χ1v) is 14.7. The Morgan fingerprint density at radius 2 is 1.47 bits per heavy atom. The number of sulfonamides is 1. The van der Waals surface area contributed by atoms with Crippen molar-refractivity contribution in [3.63, 3.8) is 0 Å². The lowest BCUT2D eigenvalue weighted by atomic mass is 10.0. The largest absolute Gasteiger partial charge is 0.357 e. The second kappa shape index (κ2) is 13.0. The Morgan fingerprint density at radius 1 is 0.895 bits per heavy atom. The minimum Gasteiger partial charge on any atom is -0.357 e. The van der Waals surface area contributed by atoms with E-state index in [1.54, 1.807) is 18.2 Å². The highest BCUT2D eigenvalue weighted by molar-refractivity contribution is 7.92. The molecule has 0 spiro atoms. The van der Waals surface area contributed by atoms with Crippen molar-refractivity contribution < 1.29 is 18.0 Å². The first-order chi connectivity index (χ1) is 17.9. The molecule has 1 N–H and O–H groups in total. The molecule has 0 aliphatic rings. The van der Waals surface area contributed by atoms with Crippen molar-refractivity contribution >= 4 is 73.9 Å². The maximum atomic E-state index is 13.9. The van der Waals surface area contributed by atoms with E-state index in [0.717, 1.165) is 16.1 Å². The van der Waals surface area contributed by atoms with Gasteiger partial charge in [-0.05, 0) is 35.9 Å². The van der Waals surface area contributed by atoms with E-state index in [1.807, 2.05) is 30.3 Å². The second-order valence-electron chi connectivity index (χ2n) is 8.44. The van der Waals surface area contributed by atoms with Crippen LogP contribution in [0.4, 0.5) is 5.69 Å². The Hall–Kier alpha value is -2.49. The molecule has 1 atom stereocenters. The van der Waals surface area contributed by atoms with Crippen molar-refractivity contribution in [1.29, 1.82) is 0 Å². The van der Waals surface area contributed by atoms with Gasteiger partial charge in [-0.3, -0.25) is 13.9 Å². The van der Waals surface area contributed by atoms with Gasteiger partial charge < -0.3 is 10.2 Å². The molecule has 0 radical (unpaired) electrons. The number of amides is 2. The summed E-state index contributed by atoms with van der Waals surface area (Å²) >= 11 is 25.0. The van der Waals surface area contributed by atoms with Gasteiger partial charge in [-0.15, -0.1) is 0 Å². The lowest BCUT2D eigenvalue weighted by Crippen LogP contribution is -2.53. The SMILES string of the molecule is CNC(=O)C(Cc1ccccc1)N(Cc1c(Cl)cccc1Cl)C(=O)CN(c1cc(Cl)cc(Cl)c1)S(C)(=O)=O. The summed E-state index contributed by atoms with van der Waals surface area (Å²) in [5.41, 5.74) is 1.32. The van der Waals surface area contributed by atoms with Crippen LogP contribution in [0.15, 0.2) is 66.7 Å². The van der Waals surface area contributed by atoms with Crippen LogP contribution in [0, 0.1) is 0 Å². The average Bonchev–Trinajstić information content (AvgIpc) is 2.84. The van der Waals surface area contributed by atoms with Gasteiger partial charge in [0.05, 0.1) is 11.9 Å². The van der Waals surface area contributed by atoms with Crippen LogP contribution in [-0.2, 0) is 32.6 Å². The van der Waals surface area contributed by atoms with Gasteiger partial charge in [-0.25, -0.2) is 8.42 Å². The summed E-state index contributed by atoms with van der Waals surface area (Å²) < 4.78 is 26.4. The minimum atomic E-state index is -3.96. The Morgan fingerprint density at radius 3 is 2.00 bits per heavy atom. The van der Waals surface area contributed by atoms with Gasteiger partial charge >= 0.3 is 0 Å². The maximum absolute atomic E-state index is 13.9. The molecule has 202 valence electrons. The highest BCUT2D eigenvalue weighted by Crippen LogP contribution is 2.29. The molecule has 0 saturated heterocycles. The quantitative estimate of drug-likeness (QED) is 0.328. The molecule has 0 heterocycles. The predicted molar refractivity (Wildman–Crippen MR) is 154 cm³/mol. The van der Waals surface area contributed by atoms with E-state index in [0.29, 0.717) is 15.6 Å². The predicted octanol–water partition coefficient (Wildman–Crippen LogP) is 5.45. The van der Waals surface area contributed by atoms with Crippen LogP contribution in [0.2, 0.25) is 20.1 Å². The molecule has 0 saturated carbocycles. The second-order valence-corrected chi connectivity index (χ2v) is 12.0. The number of benzene rings is 3. The third-order valence-corrected chi connectivity index (χ3v) is 8.01. The van der Waals surface area contributed by atoms with Crippen molar-refractivity contribution in [3.8, 4) is 0 Å². The maximum Gasteiger partial charge on any atom is 0.244 e. The number of hydrogen-bond donors (Lipinski definition) is 1. The van der Waals surface area contributed by atoms with Crippen LogP contribution in [0.1, 0.15) is 11.1 Å². The molecular weight excluding hydrogens is 592 g/mol. The summed E-state index contributed by atoms with van der Waals surface area (Å²) in [6.45, 7) is -0.768. The zero-order valence-corrected chi connectivity index (χ0v) is 24.3.